The molecule has 0 saturated carbocycles. The van der Waals surface area contributed by atoms with Crippen molar-refractivity contribution in [2.75, 3.05) is 13.3 Å². The third-order valence-corrected chi connectivity index (χ3v) is 4.64. The first-order valence-corrected chi connectivity index (χ1v) is 11.7. The Bertz CT molecular complexity index is 921. The predicted molar refractivity (Wildman–Crippen MR) is 147 cm³/mol. The van der Waals surface area contributed by atoms with Crippen LogP contribution in [0.4, 0.5) is 8.78 Å². The molecule has 0 rings (SSSR count). The molecule has 0 aliphatic heterocycles. The van der Waals surface area contributed by atoms with Gasteiger partial charge in [0.05, 0.1) is 0 Å². The lowest BCUT2D eigenvalue weighted by Crippen LogP contribution is -2.29. The highest BCUT2D eigenvalue weighted by atomic mass is 32.2. The highest BCUT2D eigenvalue weighted by Crippen LogP contribution is 2.18. The van der Waals surface area contributed by atoms with Crippen LogP contribution >= 0.6 is 11.8 Å². The number of nitrogens with zero attached hydrogens (tertiary/aromatic N) is 2. The van der Waals surface area contributed by atoms with E-state index in [1.807, 2.05) is 12.3 Å². The molecule has 0 aromatic carbocycles. The zero-order valence-electron chi connectivity index (χ0n) is 20.3. The van der Waals surface area contributed by atoms with E-state index in [1.54, 1.807) is 45.3 Å². The summed E-state index contributed by atoms with van der Waals surface area (Å²) in [5.74, 6) is -0.300. The van der Waals surface area contributed by atoms with Gasteiger partial charge in [-0.25, -0.2) is 13.8 Å². The lowest BCUT2D eigenvalue weighted by atomic mass is 10.3. The molecule has 5 nitrogen and oxygen atoms in total. The van der Waals surface area contributed by atoms with Gasteiger partial charge in [0.25, 0.3) is 0 Å². The van der Waals surface area contributed by atoms with Gasteiger partial charge in [0.15, 0.2) is 0 Å². The smallest absolute Gasteiger partial charge is 0.123 e. The molecule has 0 saturated heterocycles. The molecule has 34 heavy (non-hydrogen) atoms. The average Bonchev–Trinajstić information content (AvgIpc) is 2.81. The van der Waals surface area contributed by atoms with Gasteiger partial charge >= 0.3 is 0 Å². The summed E-state index contributed by atoms with van der Waals surface area (Å²) in [5, 5.41) is 10.3. The highest BCUT2D eigenvalue weighted by molar-refractivity contribution is 8.02. The molecule has 184 valence electrons. The SMILES string of the molecule is C=C/C=C\C(F)=C\C(/N=C(\C/C=N\N/C(C)=C/C=C(F)\C=C/C)NC(=C)/C(=C/C=C)SC)NC. The standard InChI is InChI=1S/C26H35F2N5S/c1-8-11-14-23(28)19-26(29-6)32-25(31-21(5)24(34-7)13-10-3)17-18-30-33-20(4)15-16-22(27)12-9-2/h8-16,18-19,26,29,33H,1,3,5,17H2,2,4,6-7H3,(H,31,32)/b12-9-,14-11-,20-15+,22-16+,23-19-,24-13-,30-18-. The first-order chi connectivity index (χ1) is 16.3. The van der Waals surface area contributed by atoms with Crippen LogP contribution in [0.5, 0.6) is 0 Å². The van der Waals surface area contributed by atoms with Crippen LogP contribution < -0.4 is 16.1 Å². The van der Waals surface area contributed by atoms with Crippen molar-refractivity contribution in [2.45, 2.75) is 26.4 Å². The van der Waals surface area contributed by atoms with Crippen molar-refractivity contribution in [3.05, 3.63) is 108 Å². The molecular formula is C26H35F2N5S. The first-order valence-electron chi connectivity index (χ1n) is 10.5. The summed E-state index contributed by atoms with van der Waals surface area (Å²) in [6.45, 7) is 14.8. The maximum absolute atomic E-state index is 14.1. The fourth-order valence-electron chi connectivity index (χ4n) is 2.23. The van der Waals surface area contributed by atoms with E-state index in [2.05, 4.69) is 45.9 Å². The Morgan fingerprint density at radius 1 is 1.09 bits per heavy atom. The van der Waals surface area contributed by atoms with E-state index >= 15 is 0 Å². The number of hydrazone groups is 1. The van der Waals surface area contributed by atoms with E-state index in [0.717, 1.165) is 4.91 Å². The van der Waals surface area contributed by atoms with E-state index in [4.69, 9.17) is 0 Å². The minimum atomic E-state index is -0.631. The van der Waals surface area contributed by atoms with Crippen molar-refractivity contribution in [2.24, 2.45) is 10.1 Å². The Morgan fingerprint density at radius 3 is 2.41 bits per heavy atom. The maximum Gasteiger partial charge on any atom is 0.123 e. The molecule has 1 atom stereocenters. The summed E-state index contributed by atoms with van der Waals surface area (Å²) in [4.78, 5) is 5.43. The lowest BCUT2D eigenvalue weighted by Gasteiger charge is -2.15. The summed E-state index contributed by atoms with van der Waals surface area (Å²) >= 11 is 1.50. The number of aliphatic imine (C=N–C) groups is 1. The number of halogens is 2. The molecular weight excluding hydrogens is 452 g/mol. The summed E-state index contributed by atoms with van der Waals surface area (Å²) in [6, 6.07) is 0. The Hall–Kier alpha value is -3.23. The second-order valence-corrected chi connectivity index (χ2v) is 7.41. The number of allylic oxidation sites excluding steroid dienone is 12. The topological polar surface area (TPSA) is 60.8 Å². The van der Waals surface area contributed by atoms with Crippen molar-refractivity contribution in [1.82, 2.24) is 16.1 Å². The summed E-state index contributed by atoms with van der Waals surface area (Å²) < 4.78 is 27.5. The van der Waals surface area contributed by atoms with Crippen molar-refractivity contribution >= 4 is 23.8 Å². The molecule has 0 bridgehead atoms. The number of amidine groups is 1. The summed E-state index contributed by atoms with van der Waals surface area (Å²) in [6.07, 6.45) is 18.2. The van der Waals surface area contributed by atoms with Crippen molar-refractivity contribution < 1.29 is 8.78 Å². The molecule has 0 fully saturated rings. The second kappa shape index (κ2) is 19.3. The van der Waals surface area contributed by atoms with Gasteiger partial charge in [0.2, 0.25) is 0 Å². The maximum atomic E-state index is 14.1. The van der Waals surface area contributed by atoms with Crippen LogP contribution in [-0.2, 0) is 0 Å². The first kappa shape index (κ1) is 30.8. The minimum Gasteiger partial charge on any atom is -0.343 e. The molecule has 0 aliphatic carbocycles. The van der Waals surface area contributed by atoms with E-state index in [-0.39, 0.29) is 5.83 Å². The molecule has 0 aliphatic rings. The fourth-order valence-corrected chi connectivity index (χ4v) is 2.76. The number of rotatable bonds is 15. The Morgan fingerprint density at radius 2 is 1.82 bits per heavy atom. The van der Waals surface area contributed by atoms with Crippen LogP contribution in [0, 0.1) is 0 Å². The van der Waals surface area contributed by atoms with Gasteiger partial charge in [-0.15, -0.1) is 11.8 Å². The molecule has 0 amide bonds. The number of nitrogens with one attached hydrogen (secondary N) is 3. The Balaban J connectivity index is 5.65. The number of thioether (sulfide) groups is 1. The quantitative estimate of drug-likeness (QED) is 0.109. The molecule has 0 radical (unpaired) electrons. The molecule has 0 heterocycles. The van der Waals surface area contributed by atoms with E-state index < -0.39 is 12.0 Å². The van der Waals surface area contributed by atoms with Gasteiger partial charge in [-0.1, -0.05) is 44.0 Å². The zero-order chi connectivity index (χ0) is 25.8. The van der Waals surface area contributed by atoms with Gasteiger partial charge in [0, 0.05) is 28.9 Å². The Labute approximate surface area is 207 Å². The number of hydrogen-bond donors (Lipinski definition) is 3. The normalized spacial score (nSPS) is 15.3. The van der Waals surface area contributed by atoms with Crippen LogP contribution in [0.1, 0.15) is 20.3 Å². The highest BCUT2D eigenvalue weighted by Gasteiger charge is 2.08. The minimum absolute atomic E-state index is 0.300. The van der Waals surface area contributed by atoms with E-state index in [9.17, 15) is 8.78 Å². The van der Waals surface area contributed by atoms with Crippen LogP contribution in [0.15, 0.2) is 119 Å². The Kier molecular flexibility index (Phi) is 17.4. The molecule has 1 unspecified atom stereocenters. The molecule has 0 spiro atoms. The van der Waals surface area contributed by atoms with Crippen LogP contribution in [0.25, 0.3) is 0 Å². The van der Waals surface area contributed by atoms with E-state index in [0.29, 0.717) is 23.7 Å². The largest absolute Gasteiger partial charge is 0.343 e. The van der Waals surface area contributed by atoms with Crippen molar-refractivity contribution in [3.8, 4) is 0 Å². The van der Waals surface area contributed by atoms with Gasteiger partial charge in [-0.05, 0) is 63.6 Å². The average molecular weight is 488 g/mol. The number of hydrogen-bond acceptors (Lipinski definition) is 5. The summed E-state index contributed by atoms with van der Waals surface area (Å²) in [5.41, 5.74) is 4.10. The molecule has 8 heteroatoms. The molecule has 3 N–H and O–H groups in total. The summed E-state index contributed by atoms with van der Waals surface area (Å²) in [7, 11) is 1.68. The number of likely N-dealkylation sites (N-methyl/N-ethyl adjacent to an activating group) is 1. The van der Waals surface area contributed by atoms with Crippen LogP contribution in [0.2, 0.25) is 0 Å². The van der Waals surface area contributed by atoms with Crippen molar-refractivity contribution in [1.29, 1.82) is 0 Å². The third-order valence-electron chi connectivity index (χ3n) is 3.82. The molecule has 0 aromatic heterocycles. The van der Waals surface area contributed by atoms with Gasteiger partial charge in [-0.3, -0.25) is 10.7 Å². The van der Waals surface area contributed by atoms with Gasteiger partial charge in [-0.2, -0.15) is 5.10 Å². The van der Waals surface area contributed by atoms with Crippen LogP contribution in [-0.4, -0.2) is 31.5 Å². The third kappa shape index (κ3) is 14.8. The van der Waals surface area contributed by atoms with Gasteiger partial charge < -0.3 is 5.32 Å². The predicted octanol–water partition coefficient (Wildman–Crippen LogP) is 6.36. The van der Waals surface area contributed by atoms with E-state index in [1.165, 1.54) is 48.2 Å². The second-order valence-electron chi connectivity index (χ2n) is 6.56. The fraction of sp³-hybridized carbons (Fsp3) is 0.231. The van der Waals surface area contributed by atoms with Crippen LogP contribution in [0.3, 0.4) is 0 Å². The lowest BCUT2D eigenvalue weighted by molar-refractivity contribution is 0.626. The molecule has 0 aromatic rings. The van der Waals surface area contributed by atoms with Crippen molar-refractivity contribution in [3.63, 3.8) is 0 Å². The zero-order valence-corrected chi connectivity index (χ0v) is 21.1. The monoisotopic (exact) mass is 487 g/mol. The van der Waals surface area contributed by atoms with Gasteiger partial charge in [0.1, 0.15) is 23.7 Å².